The summed E-state index contributed by atoms with van der Waals surface area (Å²) in [7, 11) is 1.62. The lowest BCUT2D eigenvalue weighted by molar-refractivity contribution is -0.133. The van der Waals surface area contributed by atoms with Crippen molar-refractivity contribution in [3.63, 3.8) is 0 Å². The number of aryl methyl sites for hydroxylation is 1. The van der Waals surface area contributed by atoms with Gasteiger partial charge in [0.25, 0.3) is 0 Å². The smallest absolute Gasteiger partial charge is 0.239 e. The zero-order chi connectivity index (χ0) is 17.4. The molecule has 1 aromatic rings. The van der Waals surface area contributed by atoms with Gasteiger partial charge in [0.1, 0.15) is 5.75 Å². The van der Waals surface area contributed by atoms with Gasteiger partial charge in [-0.1, -0.05) is 12.1 Å². The second kappa shape index (κ2) is 9.18. The molecule has 0 heterocycles. The van der Waals surface area contributed by atoms with Crippen molar-refractivity contribution in [2.75, 3.05) is 13.6 Å². The highest BCUT2D eigenvalue weighted by Crippen LogP contribution is 2.15. The molecule has 2 amide bonds. The van der Waals surface area contributed by atoms with Gasteiger partial charge in [-0.25, -0.2) is 0 Å². The molecule has 5 nitrogen and oxygen atoms in total. The predicted molar refractivity (Wildman–Crippen MR) is 91.4 cm³/mol. The van der Waals surface area contributed by atoms with Crippen LogP contribution in [0.1, 0.15) is 39.7 Å². The minimum atomic E-state index is -0.129. The van der Waals surface area contributed by atoms with Gasteiger partial charge in [0.2, 0.25) is 11.8 Å². The van der Waals surface area contributed by atoms with E-state index in [0.717, 1.165) is 18.6 Å². The molecule has 128 valence electrons. The van der Waals surface area contributed by atoms with Gasteiger partial charge in [0, 0.05) is 20.0 Å². The Kier molecular flexibility index (Phi) is 7.59. The molecule has 1 N–H and O–H groups in total. The Balaban J connectivity index is 2.36. The number of likely N-dealkylation sites (N-methyl/N-ethyl adjacent to an activating group) is 1. The highest BCUT2D eigenvalue weighted by molar-refractivity contribution is 5.83. The Hall–Kier alpha value is -2.04. The molecule has 0 unspecified atom stereocenters. The van der Waals surface area contributed by atoms with Crippen LogP contribution in [0.5, 0.6) is 5.75 Å². The van der Waals surface area contributed by atoms with Crippen LogP contribution in [0.4, 0.5) is 0 Å². The molecule has 1 atom stereocenters. The maximum absolute atomic E-state index is 11.8. The Bertz CT molecular complexity index is 512. The van der Waals surface area contributed by atoms with Crippen molar-refractivity contribution < 1.29 is 14.3 Å². The number of nitrogens with one attached hydrogen (secondary N) is 1. The highest BCUT2D eigenvalue weighted by atomic mass is 16.5. The number of ether oxygens (including phenoxy) is 1. The van der Waals surface area contributed by atoms with E-state index in [9.17, 15) is 9.59 Å². The molecule has 0 bridgehead atoms. The van der Waals surface area contributed by atoms with Crippen LogP contribution in [0.25, 0.3) is 0 Å². The molecule has 0 spiro atoms. The van der Waals surface area contributed by atoms with Gasteiger partial charge < -0.3 is 15.0 Å². The molecule has 0 aromatic heterocycles. The summed E-state index contributed by atoms with van der Waals surface area (Å²) < 4.78 is 5.61. The Morgan fingerprint density at radius 1 is 1.17 bits per heavy atom. The van der Waals surface area contributed by atoms with Crippen LogP contribution in [-0.2, 0) is 16.0 Å². The van der Waals surface area contributed by atoms with Gasteiger partial charge in [-0.3, -0.25) is 9.59 Å². The van der Waals surface area contributed by atoms with E-state index in [1.165, 1.54) is 17.4 Å². The van der Waals surface area contributed by atoms with E-state index in [2.05, 4.69) is 17.4 Å². The molecule has 0 saturated heterocycles. The first-order valence-corrected chi connectivity index (χ1v) is 8.04. The van der Waals surface area contributed by atoms with Crippen molar-refractivity contribution in [3.8, 4) is 5.75 Å². The van der Waals surface area contributed by atoms with Crippen LogP contribution in [0.15, 0.2) is 24.3 Å². The molecular weight excluding hydrogens is 292 g/mol. The Morgan fingerprint density at radius 2 is 1.78 bits per heavy atom. The molecule has 0 radical (unpaired) electrons. The minimum Gasteiger partial charge on any atom is -0.491 e. The Labute approximate surface area is 139 Å². The standard InChI is InChI=1S/C18H28N2O3/c1-13(2)23-17-10-8-16(9-11-17)7-6-14(3)19-18(22)12-20(5)15(4)21/h8-11,13-14H,6-7,12H2,1-5H3,(H,19,22)/t14-/m0/s1. The maximum atomic E-state index is 11.8. The topological polar surface area (TPSA) is 58.6 Å². The fourth-order valence-corrected chi connectivity index (χ4v) is 2.11. The van der Waals surface area contributed by atoms with Crippen LogP contribution in [0.2, 0.25) is 0 Å². The molecular formula is C18H28N2O3. The third kappa shape index (κ3) is 7.68. The first kappa shape index (κ1) is 19.0. The number of amides is 2. The van der Waals surface area contributed by atoms with E-state index in [4.69, 9.17) is 4.74 Å². The van der Waals surface area contributed by atoms with E-state index >= 15 is 0 Å². The van der Waals surface area contributed by atoms with Gasteiger partial charge in [0.15, 0.2) is 0 Å². The number of rotatable bonds is 8. The molecule has 1 rings (SSSR count). The fraction of sp³-hybridized carbons (Fsp3) is 0.556. The van der Waals surface area contributed by atoms with Crippen molar-refractivity contribution in [2.24, 2.45) is 0 Å². The summed E-state index contributed by atoms with van der Waals surface area (Å²) >= 11 is 0. The second-order valence-corrected chi connectivity index (χ2v) is 6.19. The maximum Gasteiger partial charge on any atom is 0.239 e. The minimum absolute atomic E-state index is 0.0643. The quantitative estimate of drug-likeness (QED) is 0.800. The number of carbonyl (C=O) groups excluding carboxylic acids is 2. The van der Waals surface area contributed by atoms with Gasteiger partial charge in [-0.15, -0.1) is 0 Å². The summed E-state index contributed by atoms with van der Waals surface area (Å²) in [5, 5.41) is 2.92. The van der Waals surface area contributed by atoms with E-state index in [-0.39, 0.29) is 30.5 Å². The number of hydrogen-bond donors (Lipinski definition) is 1. The number of benzene rings is 1. The molecule has 23 heavy (non-hydrogen) atoms. The van der Waals surface area contributed by atoms with E-state index in [1.807, 2.05) is 32.9 Å². The lowest BCUT2D eigenvalue weighted by atomic mass is 10.1. The van der Waals surface area contributed by atoms with Gasteiger partial charge >= 0.3 is 0 Å². The van der Waals surface area contributed by atoms with E-state index in [0.29, 0.717) is 0 Å². The van der Waals surface area contributed by atoms with Crippen LogP contribution < -0.4 is 10.1 Å². The number of nitrogens with zero attached hydrogens (tertiary/aromatic N) is 1. The molecule has 5 heteroatoms. The second-order valence-electron chi connectivity index (χ2n) is 6.19. The van der Waals surface area contributed by atoms with Crippen LogP contribution >= 0.6 is 0 Å². The largest absolute Gasteiger partial charge is 0.491 e. The first-order valence-electron chi connectivity index (χ1n) is 8.04. The monoisotopic (exact) mass is 320 g/mol. The summed E-state index contributed by atoms with van der Waals surface area (Å²) in [6.45, 7) is 7.52. The van der Waals surface area contributed by atoms with Crippen LogP contribution in [-0.4, -0.2) is 42.5 Å². The Morgan fingerprint density at radius 3 is 2.30 bits per heavy atom. The number of hydrogen-bond acceptors (Lipinski definition) is 3. The highest BCUT2D eigenvalue weighted by Gasteiger charge is 2.11. The van der Waals surface area contributed by atoms with Gasteiger partial charge in [0.05, 0.1) is 12.6 Å². The lowest BCUT2D eigenvalue weighted by Gasteiger charge is -2.18. The first-order chi connectivity index (χ1) is 10.8. The molecule has 0 aliphatic carbocycles. The van der Waals surface area contributed by atoms with Crippen molar-refractivity contribution in [2.45, 2.75) is 52.7 Å². The van der Waals surface area contributed by atoms with E-state index < -0.39 is 0 Å². The van der Waals surface area contributed by atoms with Crippen LogP contribution in [0, 0.1) is 0 Å². The summed E-state index contributed by atoms with van der Waals surface area (Å²) in [5.74, 6) is 0.629. The van der Waals surface area contributed by atoms with Crippen molar-refractivity contribution >= 4 is 11.8 Å². The van der Waals surface area contributed by atoms with Crippen molar-refractivity contribution in [3.05, 3.63) is 29.8 Å². The SMILES string of the molecule is CC(=O)N(C)CC(=O)N[C@@H](C)CCc1ccc(OC(C)C)cc1. The zero-order valence-electron chi connectivity index (χ0n) is 14.8. The summed E-state index contributed by atoms with van der Waals surface area (Å²) in [6, 6.07) is 8.11. The third-order valence-corrected chi connectivity index (χ3v) is 3.49. The predicted octanol–water partition coefficient (Wildman–Crippen LogP) is 2.39. The third-order valence-electron chi connectivity index (χ3n) is 3.49. The summed E-state index contributed by atoms with van der Waals surface area (Å²) in [4.78, 5) is 24.3. The molecule has 1 aromatic carbocycles. The van der Waals surface area contributed by atoms with Crippen molar-refractivity contribution in [1.82, 2.24) is 10.2 Å². The average Bonchev–Trinajstić information content (AvgIpc) is 2.45. The summed E-state index contributed by atoms with van der Waals surface area (Å²) in [6.07, 6.45) is 1.90. The molecule has 0 aliphatic rings. The van der Waals surface area contributed by atoms with Crippen LogP contribution in [0.3, 0.4) is 0 Å². The van der Waals surface area contributed by atoms with Gasteiger partial charge in [-0.2, -0.15) is 0 Å². The average molecular weight is 320 g/mol. The normalized spacial score (nSPS) is 11.9. The number of carbonyl (C=O) groups is 2. The lowest BCUT2D eigenvalue weighted by Crippen LogP contribution is -2.41. The van der Waals surface area contributed by atoms with E-state index in [1.54, 1.807) is 7.05 Å². The fourth-order valence-electron chi connectivity index (χ4n) is 2.11. The molecule has 0 aliphatic heterocycles. The zero-order valence-corrected chi connectivity index (χ0v) is 14.8. The van der Waals surface area contributed by atoms with Gasteiger partial charge in [-0.05, 0) is 51.3 Å². The van der Waals surface area contributed by atoms with Crippen molar-refractivity contribution in [1.29, 1.82) is 0 Å². The molecule has 0 saturated carbocycles. The summed E-state index contributed by atoms with van der Waals surface area (Å²) in [5.41, 5.74) is 1.21. The molecule has 0 fully saturated rings.